The first-order chi connectivity index (χ1) is 10.6. The number of carbonyl (C=O) groups is 1. The smallest absolute Gasteiger partial charge is 0.275 e. The van der Waals surface area contributed by atoms with Gasteiger partial charge in [0.25, 0.3) is 5.91 Å². The Morgan fingerprint density at radius 2 is 2.05 bits per heavy atom. The van der Waals surface area contributed by atoms with Gasteiger partial charge in [0.05, 0.1) is 29.6 Å². The van der Waals surface area contributed by atoms with Crippen LogP contribution in [0.4, 0.5) is 5.69 Å². The van der Waals surface area contributed by atoms with Gasteiger partial charge in [-0.15, -0.1) is 0 Å². The number of rotatable bonds is 4. The average Bonchev–Trinajstić information content (AvgIpc) is 3.10. The minimum atomic E-state index is -0.375. The third kappa shape index (κ3) is 3.13. The third-order valence-corrected chi connectivity index (χ3v) is 3.66. The number of benzene rings is 1. The maximum atomic E-state index is 12.0. The SMILES string of the molecule is O=C(Nc1cnn(Cc2ccccc2Cl)c1)c1[nH]ncc1Cl. The molecule has 112 valence electrons. The first kappa shape index (κ1) is 14.6. The van der Waals surface area contributed by atoms with Crippen molar-refractivity contribution in [2.24, 2.45) is 0 Å². The van der Waals surface area contributed by atoms with Crippen LogP contribution < -0.4 is 5.32 Å². The van der Waals surface area contributed by atoms with Crippen molar-refractivity contribution < 1.29 is 4.79 Å². The lowest BCUT2D eigenvalue weighted by atomic mass is 10.2. The number of nitrogens with zero attached hydrogens (tertiary/aromatic N) is 3. The van der Waals surface area contributed by atoms with Crippen molar-refractivity contribution in [3.8, 4) is 0 Å². The van der Waals surface area contributed by atoms with E-state index in [2.05, 4.69) is 20.6 Å². The highest BCUT2D eigenvalue weighted by Gasteiger charge is 2.13. The summed E-state index contributed by atoms with van der Waals surface area (Å²) in [6.07, 6.45) is 4.64. The number of aromatic amines is 1. The normalized spacial score (nSPS) is 10.6. The average molecular weight is 336 g/mol. The molecule has 0 radical (unpaired) electrons. The van der Waals surface area contributed by atoms with Crippen LogP contribution in [0.25, 0.3) is 0 Å². The number of hydrogen-bond donors (Lipinski definition) is 2. The van der Waals surface area contributed by atoms with Gasteiger partial charge in [-0.1, -0.05) is 41.4 Å². The second-order valence-corrected chi connectivity index (χ2v) is 5.38. The van der Waals surface area contributed by atoms with Gasteiger partial charge in [-0.25, -0.2) is 0 Å². The maximum Gasteiger partial charge on any atom is 0.275 e. The van der Waals surface area contributed by atoms with E-state index in [4.69, 9.17) is 23.2 Å². The molecule has 0 saturated heterocycles. The van der Waals surface area contributed by atoms with Crippen LogP contribution in [0, 0.1) is 0 Å². The summed E-state index contributed by atoms with van der Waals surface area (Å²) in [5.41, 5.74) is 1.71. The molecule has 0 atom stereocenters. The molecule has 3 rings (SSSR count). The Labute approximate surface area is 136 Å². The fourth-order valence-corrected chi connectivity index (χ4v) is 2.31. The van der Waals surface area contributed by atoms with Gasteiger partial charge in [-0.2, -0.15) is 10.2 Å². The van der Waals surface area contributed by atoms with E-state index >= 15 is 0 Å². The van der Waals surface area contributed by atoms with Crippen LogP contribution in [0.1, 0.15) is 16.1 Å². The number of hydrogen-bond acceptors (Lipinski definition) is 3. The Bertz CT molecular complexity index is 811. The number of anilines is 1. The Balaban J connectivity index is 1.70. The van der Waals surface area contributed by atoms with E-state index in [9.17, 15) is 4.79 Å². The van der Waals surface area contributed by atoms with Crippen molar-refractivity contribution in [3.05, 3.63) is 64.2 Å². The molecule has 0 fully saturated rings. The third-order valence-electron chi connectivity index (χ3n) is 3.00. The van der Waals surface area contributed by atoms with Crippen molar-refractivity contribution in [1.29, 1.82) is 0 Å². The standard InChI is InChI=1S/C14H11Cl2N5O/c15-11-4-2-1-3-9(11)7-21-8-10(5-18-21)19-14(22)13-12(16)6-17-20-13/h1-6,8H,7H2,(H,17,20)(H,19,22). The summed E-state index contributed by atoms with van der Waals surface area (Å²) in [5, 5.41) is 14.1. The molecule has 0 saturated carbocycles. The van der Waals surface area contributed by atoms with Gasteiger partial charge in [0.1, 0.15) is 5.69 Å². The first-order valence-electron chi connectivity index (χ1n) is 6.39. The molecule has 3 aromatic rings. The molecular formula is C14H11Cl2N5O. The van der Waals surface area contributed by atoms with Crippen molar-refractivity contribution in [2.75, 3.05) is 5.32 Å². The molecule has 0 unspecified atom stereocenters. The van der Waals surface area contributed by atoms with Crippen molar-refractivity contribution in [3.63, 3.8) is 0 Å². The molecule has 2 heterocycles. The zero-order valence-corrected chi connectivity index (χ0v) is 12.8. The highest BCUT2D eigenvalue weighted by molar-refractivity contribution is 6.34. The zero-order valence-electron chi connectivity index (χ0n) is 11.3. The minimum absolute atomic E-state index is 0.209. The topological polar surface area (TPSA) is 75.6 Å². The maximum absolute atomic E-state index is 12.0. The first-order valence-corrected chi connectivity index (χ1v) is 7.15. The van der Waals surface area contributed by atoms with Crippen LogP contribution in [0.5, 0.6) is 0 Å². The minimum Gasteiger partial charge on any atom is -0.318 e. The number of amides is 1. The predicted molar refractivity (Wildman–Crippen MR) is 84.3 cm³/mol. The van der Waals surface area contributed by atoms with Crippen LogP contribution in [-0.4, -0.2) is 25.9 Å². The Morgan fingerprint density at radius 3 is 2.77 bits per heavy atom. The summed E-state index contributed by atoms with van der Waals surface area (Å²) in [7, 11) is 0. The fraction of sp³-hybridized carbons (Fsp3) is 0.0714. The van der Waals surface area contributed by atoms with E-state index in [1.165, 1.54) is 6.20 Å². The zero-order chi connectivity index (χ0) is 15.5. The molecule has 0 aliphatic rings. The lowest BCUT2D eigenvalue weighted by molar-refractivity contribution is 0.102. The van der Waals surface area contributed by atoms with Gasteiger partial charge in [0.15, 0.2) is 0 Å². The highest BCUT2D eigenvalue weighted by Crippen LogP contribution is 2.17. The van der Waals surface area contributed by atoms with Crippen LogP contribution in [0.2, 0.25) is 10.0 Å². The Hall–Kier alpha value is -2.31. The molecule has 22 heavy (non-hydrogen) atoms. The van der Waals surface area contributed by atoms with E-state index in [1.807, 2.05) is 24.3 Å². The van der Waals surface area contributed by atoms with Crippen LogP contribution in [0.15, 0.2) is 42.9 Å². The van der Waals surface area contributed by atoms with E-state index in [1.54, 1.807) is 17.1 Å². The molecule has 2 N–H and O–H groups in total. The number of aromatic nitrogens is 4. The Kier molecular flexibility index (Phi) is 4.13. The molecule has 1 aromatic carbocycles. The summed E-state index contributed by atoms with van der Waals surface area (Å²) in [6.45, 7) is 0.514. The monoisotopic (exact) mass is 335 g/mol. The van der Waals surface area contributed by atoms with E-state index in [0.29, 0.717) is 17.3 Å². The molecule has 0 aliphatic heterocycles. The molecule has 8 heteroatoms. The Morgan fingerprint density at radius 1 is 1.23 bits per heavy atom. The second-order valence-electron chi connectivity index (χ2n) is 4.57. The largest absolute Gasteiger partial charge is 0.318 e. The van der Waals surface area contributed by atoms with Gasteiger partial charge >= 0.3 is 0 Å². The van der Waals surface area contributed by atoms with Gasteiger partial charge in [-0.05, 0) is 11.6 Å². The molecule has 2 aromatic heterocycles. The quantitative estimate of drug-likeness (QED) is 0.768. The number of H-pyrrole nitrogens is 1. The molecule has 0 spiro atoms. The summed E-state index contributed by atoms with van der Waals surface area (Å²) in [4.78, 5) is 12.0. The molecular weight excluding hydrogens is 325 g/mol. The molecule has 6 nitrogen and oxygen atoms in total. The summed E-state index contributed by atoms with van der Waals surface area (Å²) < 4.78 is 1.69. The highest BCUT2D eigenvalue weighted by atomic mass is 35.5. The van der Waals surface area contributed by atoms with Crippen molar-refractivity contribution in [2.45, 2.75) is 6.54 Å². The van der Waals surface area contributed by atoms with Crippen molar-refractivity contribution in [1.82, 2.24) is 20.0 Å². The molecule has 1 amide bonds. The van der Waals surface area contributed by atoms with Gasteiger partial charge in [-0.3, -0.25) is 14.6 Å². The van der Waals surface area contributed by atoms with E-state index in [-0.39, 0.29) is 16.6 Å². The van der Waals surface area contributed by atoms with Crippen molar-refractivity contribution >= 4 is 34.8 Å². The van der Waals surface area contributed by atoms with Gasteiger partial charge in [0.2, 0.25) is 0 Å². The lowest BCUT2D eigenvalue weighted by Gasteiger charge is -2.04. The second kappa shape index (κ2) is 6.21. The predicted octanol–water partition coefficient (Wildman–Crippen LogP) is 3.21. The summed E-state index contributed by atoms with van der Waals surface area (Å²) in [5.74, 6) is -0.375. The number of carbonyl (C=O) groups excluding carboxylic acids is 1. The fourth-order valence-electron chi connectivity index (χ4n) is 1.94. The van der Waals surface area contributed by atoms with Crippen LogP contribution in [0.3, 0.4) is 0 Å². The van der Waals surface area contributed by atoms with E-state index < -0.39 is 0 Å². The summed E-state index contributed by atoms with van der Waals surface area (Å²) in [6, 6.07) is 7.53. The molecule has 0 bridgehead atoms. The number of halogens is 2. The number of nitrogens with one attached hydrogen (secondary N) is 2. The van der Waals surface area contributed by atoms with Crippen LogP contribution in [-0.2, 0) is 6.54 Å². The van der Waals surface area contributed by atoms with Crippen LogP contribution >= 0.6 is 23.2 Å². The van der Waals surface area contributed by atoms with Gasteiger partial charge in [0, 0.05) is 11.2 Å². The summed E-state index contributed by atoms with van der Waals surface area (Å²) >= 11 is 12.0. The van der Waals surface area contributed by atoms with E-state index in [0.717, 1.165) is 5.56 Å². The van der Waals surface area contributed by atoms with Gasteiger partial charge < -0.3 is 5.32 Å². The molecule has 0 aliphatic carbocycles. The lowest BCUT2D eigenvalue weighted by Crippen LogP contribution is -2.12.